The zero-order chi connectivity index (χ0) is 15.2. The molecule has 3 heteroatoms. The van der Waals surface area contributed by atoms with Crippen molar-refractivity contribution in [3.8, 4) is 0 Å². The maximum Gasteiger partial charge on any atom is 0.0897 e. The molecule has 124 valence electrons. The van der Waals surface area contributed by atoms with Gasteiger partial charge in [0.25, 0.3) is 0 Å². The maximum atomic E-state index is 10.1. The van der Waals surface area contributed by atoms with Gasteiger partial charge in [-0.05, 0) is 49.9 Å². The summed E-state index contributed by atoms with van der Waals surface area (Å²) in [5.41, 5.74) is 0. The SMILES string of the molecule is CC1CCCC(OCC(O)CNC2CCC(C)CC2C)C1. The molecule has 2 aliphatic carbocycles. The van der Waals surface area contributed by atoms with Gasteiger partial charge in [-0.1, -0.05) is 33.6 Å². The Morgan fingerprint density at radius 3 is 2.52 bits per heavy atom. The summed E-state index contributed by atoms with van der Waals surface area (Å²) in [6.07, 6.45) is 8.82. The molecule has 2 rings (SSSR count). The predicted molar refractivity (Wildman–Crippen MR) is 87.3 cm³/mol. The van der Waals surface area contributed by atoms with E-state index in [9.17, 15) is 5.11 Å². The van der Waals surface area contributed by atoms with Crippen molar-refractivity contribution >= 4 is 0 Å². The highest BCUT2D eigenvalue weighted by molar-refractivity contribution is 4.82. The molecule has 2 aliphatic rings. The van der Waals surface area contributed by atoms with E-state index in [1.807, 2.05) is 0 Å². The van der Waals surface area contributed by atoms with Gasteiger partial charge in [0, 0.05) is 12.6 Å². The lowest BCUT2D eigenvalue weighted by atomic mass is 9.80. The van der Waals surface area contributed by atoms with Crippen LogP contribution in [0.1, 0.15) is 65.7 Å². The molecule has 2 N–H and O–H groups in total. The van der Waals surface area contributed by atoms with Crippen LogP contribution in [0.2, 0.25) is 0 Å². The largest absolute Gasteiger partial charge is 0.389 e. The van der Waals surface area contributed by atoms with Crippen molar-refractivity contribution in [2.24, 2.45) is 17.8 Å². The molecule has 2 saturated carbocycles. The van der Waals surface area contributed by atoms with E-state index >= 15 is 0 Å². The Morgan fingerprint density at radius 2 is 1.81 bits per heavy atom. The van der Waals surface area contributed by atoms with E-state index in [0.717, 1.165) is 24.2 Å². The normalized spacial score (nSPS) is 39.1. The molecule has 0 bridgehead atoms. The van der Waals surface area contributed by atoms with Crippen LogP contribution in [0.25, 0.3) is 0 Å². The topological polar surface area (TPSA) is 41.5 Å². The monoisotopic (exact) mass is 297 g/mol. The van der Waals surface area contributed by atoms with Gasteiger partial charge >= 0.3 is 0 Å². The summed E-state index contributed by atoms with van der Waals surface area (Å²) in [5, 5.41) is 13.7. The Kier molecular flexibility index (Phi) is 6.97. The van der Waals surface area contributed by atoms with E-state index in [-0.39, 0.29) is 6.10 Å². The van der Waals surface area contributed by atoms with Crippen molar-refractivity contribution < 1.29 is 9.84 Å². The molecule has 6 unspecified atom stereocenters. The van der Waals surface area contributed by atoms with E-state index in [1.54, 1.807) is 0 Å². The Labute approximate surface area is 130 Å². The zero-order valence-electron chi connectivity index (χ0n) is 14.2. The van der Waals surface area contributed by atoms with Gasteiger partial charge in [0.2, 0.25) is 0 Å². The first-order chi connectivity index (χ1) is 10.0. The molecule has 0 spiro atoms. The molecule has 21 heavy (non-hydrogen) atoms. The van der Waals surface area contributed by atoms with Gasteiger partial charge in [-0.25, -0.2) is 0 Å². The first-order valence-electron chi connectivity index (χ1n) is 9.07. The minimum absolute atomic E-state index is 0.367. The first-order valence-corrected chi connectivity index (χ1v) is 9.07. The number of hydrogen-bond donors (Lipinski definition) is 2. The summed E-state index contributed by atoms with van der Waals surface area (Å²) in [6, 6.07) is 0.575. The molecule has 0 aromatic carbocycles. The Morgan fingerprint density at radius 1 is 1.05 bits per heavy atom. The summed E-state index contributed by atoms with van der Waals surface area (Å²) < 4.78 is 5.91. The summed E-state index contributed by atoms with van der Waals surface area (Å²) >= 11 is 0. The van der Waals surface area contributed by atoms with Gasteiger partial charge in [0.1, 0.15) is 0 Å². The molecule has 0 saturated heterocycles. The summed E-state index contributed by atoms with van der Waals surface area (Å²) in [6.45, 7) is 8.15. The van der Waals surface area contributed by atoms with Gasteiger partial charge in [-0.2, -0.15) is 0 Å². The minimum Gasteiger partial charge on any atom is -0.389 e. The fourth-order valence-electron chi connectivity index (χ4n) is 4.09. The predicted octanol–water partition coefficient (Wildman–Crippen LogP) is 3.36. The molecule has 0 aromatic rings. The van der Waals surface area contributed by atoms with Gasteiger partial charge < -0.3 is 15.2 Å². The highest BCUT2D eigenvalue weighted by Gasteiger charge is 2.25. The van der Waals surface area contributed by atoms with Crippen LogP contribution in [0.4, 0.5) is 0 Å². The van der Waals surface area contributed by atoms with Crippen LogP contribution in [0.3, 0.4) is 0 Å². The molecule has 0 radical (unpaired) electrons. The molecular weight excluding hydrogens is 262 g/mol. The standard InChI is InChI=1S/C18H35NO2/c1-13-5-4-6-17(10-13)21-12-16(20)11-19-18-8-7-14(2)9-15(18)3/h13-20H,4-12H2,1-3H3. The van der Waals surface area contributed by atoms with E-state index < -0.39 is 0 Å². The van der Waals surface area contributed by atoms with Crippen LogP contribution in [-0.2, 0) is 4.74 Å². The van der Waals surface area contributed by atoms with Crippen LogP contribution < -0.4 is 5.32 Å². The minimum atomic E-state index is -0.367. The van der Waals surface area contributed by atoms with Crippen LogP contribution in [-0.4, -0.2) is 36.5 Å². The number of nitrogens with one attached hydrogen (secondary N) is 1. The number of aliphatic hydroxyl groups is 1. The number of ether oxygens (including phenoxy) is 1. The smallest absolute Gasteiger partial charge is 0.0897 e. The van der Waals surface area contributed by atoms with Crippen LogP contribution >= 0.6 is 0 Å². The van der Waals surface area contributed by atoms with E-state index in [4.69, 9.17) is 4.74 Å². The number of aliphatic hydroxyl groups excluding tert-OH is 1. The van der Waals surface area contributed by atoms with Crippen molar-refractivity contribution in [3.05, 3.63) is 0 Å². The number of rotatable bonds is 6. The van der Waals surface area contributed by atoms with E-state index in [2.05, 4.69) is 26.1 Å². The lowest BCUT2D eigenvalue weighted by Crippen LogP contribution is -2.43. The zero-order valence-corrected chi connectivity index (χ0v) is 14.2. The first kappa shape index (κ1) is 17.2. The molecular formula is C18H35NO2. The average Bonchev–Trinajstić information content (AvgIpc) is 2.44. The molecule has 0 amide bonds. The van der Waals surface area contributed by atoms with E-state index in [1.165, 1.54) is 38.5 Å². The molecule has 2 fully saturated rings. The highest BCUT2D eigenvalue weighted by atomic mass is 16.5. The Hall–Kier alpha value is -0.120. The van der Waals surface area contributed by atoms with Gasteiger partial charge in [-0.15, -0.1) is 0 Å². The maximum absolute atomic E-state index is 10.1. The summed E-state index contributed by atoms with van der Waals surface area (Å²) in [5.74, 6) is 2.37. The molecule has 0 aliphatic heterocycles. The fourth-order valence-corrected chi connectivity index (χ4v) is 4.09. The van der Waals surface area contributed by atoms with E-state index in [0.29, 0.717) is 25.3 Å². The number of hydrogen-bond acceptors (Lipinski definition) is 3. The lowest BCUT2D eigenvalue weighted by molar-refractivity contribution is -0.0319. The fraction of sp³-hybridized carbons (Fsp3) is 1.00. The van der Waals surface area contributed by atoms with Crippen molar-refractivity contribution in [3.63, 3.8) is 0 Å². The second kappa shape index (κ2) is 8.50. The quantitative estimate of drug-likeness (QED) is 0.790. The van der Waals surface area contributed by atoms with Crippen molar-refractivity contribution in [2.75, 3.05) is 13.2 Å². The molecule has 0 heterocycles. The molecule has 0 aromatic heterocycles. The Balaban J connectivity index is 1.60. The highest BCUT2D eigenvalue weighted by Crippen LogP contribution is 2.28. The van der Waals surface area contributed by atoms with Gasteiger partial charge in [-0.3, -0.25) is 0 Å². The van der Waals surface area contributed by atoms with Crippen LogP contribution in [0.15, 0.2) is 0 Å². The van der Waals surface area contributed by atoms with Crippen molar-refractivity contribution in [1.29, 1.82) is 0 Å². The van der Waals surface area contributed by atoms with Gasteiger partial charge in [0.05, 0.1) is 18.8 Å². The van der Waals surface area contributed by atoms with Gasteiger partial charge in [0.15, 0.2) is 0 Å². The molecule has 6 atom stereocenters. The third kappa shape index (κ3) is 5.88. The van der Waals surface area contributed by atoms with Crippen molar-refractivity contribution in [2.45, 2.75) is 84.0 Å². The summed E-state index contributed by atoms with van der Waals surface area (Å²) in [4.78, 5) is 0. The van der Waals surface area contributed by atoms with Crippen molar-refractivity contribution in [1.82, 2.24) is 5.32 Å². The Bertz CT molecular complexity index is 297. The average molecular weight is 297 g/mol. The third-order valence-corrected chi connectivity index (χ3v) is 5.46. The second-order valence-electron chi connectivity index (χ2n) is 7.79. The van der Waals surface area contributed by atoms with Crippen LogP contribution in [0.5, 0.6) is 0 Å². The third-order valence-electron chi connectivity index (χ3n) is 5.46. The second-order valence-corrected chi connectivity index (χ2v) is 7.79. The molecule has 3 nitrogen and oxygen atoms in total. The van der Waals surface area contributed by atoms with Crippen LogP contribution in [0, 0.1) is 17.8 Å². The summed E-state index contributed by atoms with van der Waals surface area (Å²) in [7, 11) is 0. The lowest BCUT2D eigenvalue weighted by Gasteiger charge is -2.34.